The van der Waals surface area contributed by atoms with Crippen LogP contribution in [-0.2, 0) is 4.79 Å². The summed E-state index contributed by atoms with van der Waals surface area (Å²) in [7, 11) is 0. The first kappa shape index (κ1) is 18.1. The number of nitrogens with zero attached hydrogens (tertiary/aromatic N) is 2. The number of nitrogens with two attached hydrogens (primary N) is 3. The van der Waals surface area contributed by atoms with Crippen LogP contribution in [0.2, 0.25) is 0 Å². The van der Waals surface area contributed by atoms with Crippen molar-refractivity contribution < 1.29 is 9.59 Å². The van der Waals surface area contributed by atoms with Crippen molar-refractivity contribution in [2.24, 2.45) is 22.2 Å². The quantitative estimate of drug-likeness (QED) is 0.233. The second kappa shape index (κ2) is 8.60. The van der Waals surface area contributed by atoms with E-state index in [9.17, 15) is 9.59 Å². The Morgan fingerprint density at radius 3 is 2.88 bits per heavy atom. The summed E-state index contributed by atoms with van der Waals surface area (Å²) in [4.78, 5) is 32.0. The number of hydrogen-bond donors (Lipinski definition) is 5. The fourth-order valence-corrected chi connectivity index (χ4v) is 3.38. The Morgan fingerprint density at radius 1 is 1.46 bits per heavy atom. The van der Waals surface area contributed by atoms with Crippen LogP contribution >= 0.6 is 11.3 Å². The summed E-state index contributed by atoms with van der Waals surface area (Å²) in [6, 6.07) is -0.565. The summed E-state index contributed by atoms with van der Waals surface area (Å²) in [5.74, 6) is -1.01. The van der Waals surface area contributed by atoms with E-state index >= 15 is 0 Å². The first-order chi connectivity index (χ1) is 11.5. The highest BCUT2D eigenvalue weighted by Crippen LogP contribution is 2.25. The third kappa shape index (κ3) is 5.17. The number of primary amides is 1. The van der Waals surface area contributed by atoms with Crippen LogP contribution in [0.1, 0.15) is 47.2 Å². The molecule has 1 aliphatic heterocycles. The predicted octanol–water partition coefficient (Wildman–Crippen LogP) is -0.795. The summed E-state index contributed by atoms with van der Waals surface area (Å²) < 4.78 is 0. The first-order valence-corrected chi connectivity index (χ1v) is 8.69. The molecule has 0 aromatic carbocycles. The lowest BCUT2D eigenvalue weighted by Gasteiger charge is -2.14. The molecule has 0 radical (unpaired) electrons. The third-order valence-electron chi connectivity index (χ3n) is 3.71. The van der Waals surface area contributed by atoms with E-state index in [4.69, 9.17) is 17.2 Å². The minimum Gasteiger partial charge on any atom is -0.370 e. The molecule has 9 nitrogen and oxygen atoms in total. The van der Waals surface area contributed by atoms with Crippen LogP contribution in [-0.4, -0.2) is 41.9 Å². The van der Waals surface area contributed by atoms with Crippen LogP contribution in [0.5, 0.6) is 0 Å². The van der Waals surface area contributed by atoms with Crippen molar-refractivity contribution in [3.05, 3.63) is 16.1 Å². The lowest BCUT2D eigenvalue weighted by Crippen LogP contribution is -2.44. The van der Waals surface area contributed by atoms with Crippen LogP contribution in [0.4, 0.5) is 0 Å². The molecule has 132 valence electrons. The zero-order valence-electron chi connectivity index (χ0n) is 13.3. The molecule has 1 aliphatic rings. The molecule has 1 fully saturated rings. The average Bonchev–Trinajstić information content (AvgIpc) is 3.19. The van der Waals surface area contributed by atoms with Crippen molar-refractivity contribution in [1.29, 1.82) is 0 Å². The Morgan fingerprint density at radius 2 is 2.25 bits per heavy atom. The number of aliphatic imine (C=N–C) groups is 1. The number of carbonyl (C=O) groups is 2. The molecule has 1 aromatic rings. The van der Waals surface area contributed by atoms with E-state index in [2.05, 4.69) is 20.6 Å². The highest BCUT2D eigenvalue weighted by atomic mass is 32.1. The number of rotatable bonds is 8. The fraction of sp³-hybridized carbons (Fsp3) is 0.571. The number of carbonyl (C=O) groups excluding carboxylic acids is 2. The summed E-state index contributed by atoms with van der Waals surface area (Å²) >= 11 is 1.44. The van der Waals surface area contributed by atoms with Gasteiger partial charge < -0.3 is 27.8 Å². The molecule has 2 amide bonds. The molecule has 2 heterocycles. The van der Waals surface area contributed by atoms with E-state index in [-0.39, 0.29) is 12.0 Å². The minimum atomic E-state index is -0.776. The van der Waals surface area contributed by atoms with E-state index in [1.54, 1.807) is 5.38 Å². The van der Waals surface area contributed by atoms with Gasteiger partial charge in [-0.05, 0) is 32.2 Å². The van der Waals surface area contributed by atoms with E-state index in [1.807, 2.05) is 0 Å². The number of amides is 2. The highest BCUT2D eigenvalue weighted by Gasteiger charge is 2.23. The molecule has 10 heteroatoms. The molecule has 0 aliphatic carbocycles. The molecule has 2 rings (SSSR count). The van der Waals surface area contributed by atoms with Crippen LogP contribution in [0.25, 0.3) is 0 Å². The molecule has 0 spiro atoms. The van der Waals surface area contributed by atoms with E-state index < -0.39 is 17.9 Å². The van der Waals surface area contributed by atoms with Gasteiger partial charge in [0, 0.05) is 11.9 Å². The van der Waals surface area contributed by atoms with Crippen molar-refractivity contribution in [2.75, 3.05) is 13.1 Å². The number of thiazole rings is 1. The zero-order valence-corrected chi connectivity index (χ0v) is 14.1. The summed E-state index contributed by atoms with van der Waals surface area (Å²) in [6.45, 7) is 1.33. The molecular formula is C14H23N7O2S. The van der Waals surface area contributed by atoms with E-state index in [1.165, 1.54) is 11.3 Å². The second-order valence-corrected chi connectivity index (χ2v) is 6.49. The fourth-order valence-electron chi connectivity index (χ4n) is 2.47. The van der Waals surface area contributed by atoms with Gasteiger partial charge in [-0.1, -0.05) is 0 Å². The van der Waals surface area contributed by atoms with Gasteiger partial charge in [-0.15, -0.1) is 11.3 Å². The van der Waals surface area contributed by atoms with Gasteiger partial charge in [0.1, 0.15) is 16.7 Å². The minimum absolute atomic E-state index is 0.00909. The van der Waals surface area contributed by atoms with Crippen LogP contribution in [0.15, 0.2) is 10.4 Å². The van der Waals surface area contributed by atoms with Crippen LogP contribution in [0, 0.1) is 0 Å². The molecule has 8 N–H and O–H groups in total. The largest absolute Gasteiger partial charge is 0.370 e. The molecule has 0 bridgehead atoms. The van der Waals surface area contributed by atoms with E-state index in [0.717, 1.165) is 24.4 Å². The maximum absolute atomic E-state index is 12.3. The van der Waals surface area contributed by atoms with Gasteiger partial charge >= 0.3 is 0 Å². The topological polar surface area (TPSA) is 162 Å². The first-order valence-electron chi connectivity index (χ1n) is 7.81. The Bertz CT molecular complexity index is 606. The Balaban J connectivity index is 1.90. The Hall–Kier alpha value is -2.20. The number of hydrogen-bond acceptors (Lipinski definition) is 6. The van der Waals surface area contributed by atoms with Gasteiger partial charge in [-0.3, -0.25) is 14.6 Å². The number of nitrogens with one attached hydrogen (secondary N) is 2. The average molecular weight is 353 g/mol. The molecule has 24 heavy (non-hydrogen) atoms. The summed E-state index contributed by atoms with van der Waals surface area (Å²) in [5, 5.41) is 8.55. The predicted molar refractivity (Wildman–Crippen MR) is 92.5 cm³/mol. The molecule has 2 atom stereocenters. The van der Waals surface area contributed by atoms with E-state index in [0.29, 0.717) is 25.1 Å². The van der Waals surface area contributed by atoms with Gasteiger partial charge in [0.2, 0.25) is 5.91 Å². The van der Waals surface area contributed by atoms with Crippen molar-refractivity contribution in [3.63, 3.8) is 0 Å². The standard InChI is InChI=1S/C14H23N7O2S/c15-11(22)8(3-1-6-19-14(16)17)20-12(23)10-7-24-13(21-10)9-4-2-5-18-9/h7-9,18H,1-6H2,(H2,15,22)(H,20,23)(H4,16,17,19). The lowest BCUT2D eigenvalue weighted by atomic mass is 10.1. The maximum atomic E-state index is 12.3. The van der Waals surface area contributed by atoms with Gasteiger partial charge in [0.15, 0.2) is 5.96 Å². The maximum Gasteiger partial charge on any atom is 0.271 e. The lowest BCUT2D eigenvalue weighted by molar-refractivity contribution is -0.120. The zero-order chi connectivity index (χ0) is 17.5. The number of guanidine groups is 1. The monoisotopic (exact) mass is 353 g/mol. The summed E-state index contributed by atoms with van der Waals surface area (Å²) in [5.41, 5.74) is 16.1. The van der Waals surface area contributed by atoms with Gasteiger partial charge in [-0.25, -0.2) is 4.98 Å². The molecule has 2 unspecified atom stereocenters. The SMILES string of the molecule is NC(=O)C(CCCN=C(N)N)NC(=O)c1csc(C2CCCN2)n1. The summed E-state index contributed by atoms with van der Waals surface area (Å²) in [6.07, 6.45) is 3.01. The molecule has 1 aromatic heterocycles. The number of aromatic nitrogens is 1. The Labute approximate surface area is 144 Å². The Kier molecular flexibility index (Phi) is 6.50. The molecule has 0 saturated carbocycles. The van der Waals surface area contributed by atoms with Gasteiger partial charge in [0.05, 0.1) is 6.04 Å². The second-order valence-electron chi connectivity index (χ2n) is 5.60. The highest BCUT2D eigenvalue weighted by molar-refractivity contribution is 7.09. The van der Waals surface area contributed by atoms with Crippen molar-refractivity contribution in [1.82, 2.24) is 15.6 Å². The van der Waals surface area contributed by atoms with Crippen molar-refractivity contribution in [3.8, 4) is 0 Å². The van der Waals surface area contributed by atoms with Crippen molar-refractivity contribution in [2.45, 2.75) is 37.8 Å². The van der Waals surface area contributed by atoms with Crippen LogP contribution < -0.4 is 27.8 Å². The molecule has 1 saturated heterocycles. The van der Waals surface area contributed by atoms with Gasteiger partial charge in [0.25, 0.3) is 5.91 Å². The third-order valence-corrected chi connectivity index (χ3v) is 4.67. The smallest absolute Gasteiger partial charge is 0.271 e. The molecular weight excluding hydrogens is 330 g/mol. The normalized spacial score (nSPS) is 18.1. The van der Waals surface area contributed by atoms with Crippen LogP contribution in [0.3, 0.4) is 0 Å². The van der Waals surface area contributed by atoms with Gasteiger partial charge in [-0.2, -0.15) is 0 Å². The van der Waals surface area contributed by atoms with Crippen molar-refractivity contribution >= 4 is 29.1 Å².